The zero-order valence-corrected chi connectivity index (χ0v) is 13.8. The van der Waals surface area contributed by atoms with Gasteiger partial charge in [-0.2, -0.15) is 23.5 Å². The van der Waals surface area contributed by atoms with Gasteiger partial charge in [-0.05, 0) is 16.9 Å². The molecule has 0 bridgehead atoms. The third kappa shape index (κ3) is 5.22. The van der Waals surface area contributed by atoms with Crippen molar-refractivity contribution in [2.75, 3.05) is 0 Å². The number of rotatable bonds is 8. The van der Waals surface area contributed by atoms with Crippen molar-refractivity contribution in [2.24, 2.45) is 0 Å². The van der Waals surface area contributed by atoms with Gasteiger partial charge >= 0.3 is 0 Å². The van der Waals surface area contributed by atoms with Crippen molar-refractivity contribution in [3.05, 3.63) is 11.4 Å². The van der Waals surface area contributed by atoms with E-state index in [2.05, 4.69) is 49.6 Å². The number of hydrogen-bond acceptors (Lipinski definition) is 4. The fourth-order valence-corrected chi connectivity index (χ4v) is 3.04. The first-order chi connectivity index (χ1) is 8.54. The Hall–Kier alpha value is -0.160. The molecule has 1 aromatic heterocycles. The largest absolute Gasteiger partial charge is 0.248 e. The van der Waals surface area contributed by atoms with Crippen LogP contribution in [0.25, 0.3) is 0 Å². The maximum absolute atomic E-state index is 4.36. The Bertz CT molecular complexity index is 348. The molecule has 0 aromatic carbocycles. The second kappa shape index (κ2) is 8.10. The van der Waals surface area contributed by atoms with E-state index in [-0.39, 0.29) is 0 Å². The van der Waals surface area contributed by atoms with Gasteiger partial charge < -0.3 is 0 Å². The van der Waals surface area contributed by atoms with Crippen LogP contribution in [0.15, 0.2) is 0 Å². The minimum atomic E-state index is 0.645. The molecule has 0 amide bonds. The minimum absolute atomic E-state index is 0.645. The topological polar surface area (TPSA) is 30.7 Å². The van der Waals surface area contributed by atoms with Crippen molar-refractivity contribution in [3.8, 4) is 0 Å². The van der Waals surface area contributed by atoms with Crippen LogP contribution in [0, 0.1) is 0 Å². The lowest BCUT2D eigenvalue weighted by atomic mass is 10.3. The fraction of sp³-hybridized carbons (Fsp3) is 0.846. The lowest BCUT2D eigenvalue weighted by molar-refractivity contribution is 0.564. The number of aromatic nitrogens is 3. The average Bonchev–Trinajstić information content (AvgIpc) is 2.66. The molecule has 1 heterocycles. The molecular weight excluding hydrogens is 262 g/mol. The lowest BCUT2D eigenvalue weighted by Crippen LogP contribution is -2.06. The molecule has 1 rings (SSSR count). The third-order valence-corrected chi connectivity index (χ3v) is 4.67. The van der Waals surface area contributed by atoms with Crippen LogP contribution in [0.2, 0.25) is 0 Å². The monoisotopic (exact) mass is 287 g/mol. The second-order valence-corrected chi connectivity index (χ2v) is 8.06. The van der Waals surface area contributed by atoms with Crippen LogP contribution in [0.5, 0.6) is 0 Å². The highest BCUT2D eigenvalue weighted by atomic mass is 32.2. The molecule has 3 nitrogen and oxygen atoms in total. The maximum atomic E-state index is 4.36. The van der Waals surface area contributed by atoms with Crippen molar-refractivity contribution in [2.45, 2.75) is 69.6 Å². The van der Waals surface area contributed by atoms with E-state index in [0.29, 0.717) is 10.5 Å². The highest BCUT2D eigenvalue weighted by Crippen LogP contribution is 2.23. The molecule has 1 aromatic rings. The van der Waals surface area contributed by atoms with E-state index in [4.69, 9.17) is 0 Å². The zero-order chi connectivity index (χ0) is 13.5. The van der Waals surface area contributed by atoms with E-state index >= 15 is 0 Å². The Labute approximate surface area is 119 Å². The standard InChI is InChI=1S/C13H25N3S2/c1-6-7-16-13(9-18-11(4)5)12(14-15-16)8-17-10(2)3/h10-11H,6-9H2,1-5H3. The highest BCUT2D eigenvalue weighted by molar-refractivity contribution is 7.99. The smallest absolute Gasteiger partial charge is 0.0966 e. The number of aryl methyl sites for hydroxylation is 1. The van der Waals surface area contributed by atoms with Crippen LogP contribution >= 0.6 is 23.5 Å². The van der Waals surface area contributed by atoms with Crippen molar-refractivity contribution in [1.82, 2.24) is 15.0 Å². The Balaban J connectivity index is 2.74. The van der Waals surface area contributed by atoms with Gasteiger partial charge in [-0.3, -0.25) is 0 Å². The van der Waals surface area contributed by atoms with Crippen molar-refractivity contribution in [1.29, 1.82) is 0 Å². The van der Waals surface area contributed by atoms with Gasteiger partial charge in [-0.25, -0.2) is 4.68 Å². The number of nitrogens with zero attached hydrogens (tertiary/aromatic N) is 3. The molecule has 0 spiro atoms. The molecule has 5 heteroatoms. The first kappa shape index (κ1) is 15.9. The Morgan fingerprint density at radius 3 is 2.22 bits per heavy atom. The molecule has 0 N–H and O–H groups in total. The van der Waals surface area contributed by atoms with Crippen LogP contribution in [0.4, 0.5) is 0 Å². The summed E-state index contributed by atoms with van der Waals surface area (Å²) in [6, 6.07) is 0. The van der Waals surface area contributed by atoms with E-state index < -0.39 is 0 Å². The molecule has 0 aliphatic rings. The van der Waals surface area contributed by atoms with Gasteiger partial charge in [-0.1, -0.05) is 39.8 Å². The van der Waals surface area contributed by atoms with Crippen LogP contribution in [0.3, 0.4) is 0 Å². The normalized spacial score (nSPS) is 11.7. The SMILES string of the molecule is CCCn1nnc(CSC(C)C)c1CSC(C)C. The first-order valence-electron chi connectivity index (χ1n) is 6.69. The van der Waals surface area contributed by atoms with Gasteiger partial charge in [0, 0.05) is 18.1 Å². The third-order valence-electron chi connectivity index (χ3n) is 2.46. The number of hydrogen-bond donors (Lipinski definition) is 0. The Morgan fingerprint density at radius 2 is 1.67 bits per heavy atom. The van der Waals surface area contributed by atoms with E-state index in [0.717, 1.165) is 24.5 Å². The van der Waals surface area contributed by atoms with E-state index in [1.807, 2.05) is 23.5 Å². The quantitative estimate of drug-likeness (QED) is 0.724. The molecule has 0 atom stereocenters. The molecule has 0 unspecified atom stereocenters. The molecule has 0 saturated heterocycles. The summed E-state index contributed by atoms with van der Waals surface area (Å²) in [5.74, 6) is 2.01. The van der Waals surface area contributed by atoms with E-state index in [1.165, 1.54) is 11.4 Å². The molecule has 18 heavy (non-hydrogen) atoms. The van der Waals surface area contributed by atoms with Crippen LogP contribution in [-0.4, -0.2) is 25.5 Å². The summed E-state index contributed by atoms with van der Waals surface area (Å²) in [4.78, 5) is 0. The zero-order valence-electron chi connectivity index (χ0n) is 12.1. The van der Waals surface area contributed by atoms with Crippen LogP contribution < -0.4 is 0 Å². The van der Waals surface area contributed by atoms with Crippen molar-refractivity contribution in [3.63, 3.8) is 0 Å². The molecular formula is C13H25N3S2. The molecule has 0 fully saturated rings. The van der Waals surface area contributed by atoms with Crippen LogP contribution in [0.1, 0.15) is 52.4 Å². The maximum Gasteiger partial charge on any atom is 0.0966 e. The summed E-state index contributed by atoms with van der Waals surface area (Å²) in [7, 11) is 0. The minimum Gasteiger partial charge on any atom is -0.248 e. The van der Waals surface area contributed by atoms with Gasteiger partial charge in [0.1, 0.15) is 0 Å². The van der Waals surface area contributed by atoms with E-state index in [1.54, 1.807) is 0 Å². The Morgan fingerprint density at radius 1 is 1.06 bits per heavy atom. The molecule has 104 valence electrons. The van der Waals surface area contributed by atoms with Crippen molar-refractivity contribution < 1.29 is 0 Å². The summed E-state index contributed by atoms with van der Waals surface area (Å²) in [6.45, 7) is 12.1. The summed E-state index contributed by atoms with van der Waals surface area (Å²) in [6.07, 6.45) is 1.11. The molecule has 0 radical (unpaired) electrons. The van der Waals surface area contributed by atoms with Gasteiger partial charge in [0.15, 0.2) is 0 Å². The summed E-state index contributed by atoms with van der Waals surface area (Å²) < 4.78 is 2.09. The second-order valence-electron chi connectivity index (χ2n) is 4.93. The molecule has 0 aliphatic carbocycles. The van der Waals surface area contributed by atoms with E-state index in [9.17, 15) is 0 Å². The average molecular weight is 287 g/mol. The summed E-state index contributed by atoms with van der Waals surface area (Å²) in [5, 5.41) is 9.96. The van der Waals surface area contributed by atoms with Gasteiger partial charge in [0.05, 0.1) is 11.4 Å². The van der Waals surface area contributed by atoms with Crippen LogP contribution in [-0.2, 0) is 18.1 Å². The Kier molecular flexibility index (Phi) is 7.15. The predicted molar refractivity (Wildman–Crippen MR) is 83.2 cm³/mol. The summed E-state index contributed by atoms with van der Waals surface area (Å²) >= 11 is 3.91. The van der Waals surface area contributed by atoms with Gasteiger partial charge in [0.2, 0.25) is 0 Å². The van der Waals surface area contributed by atoms with Gasteiger partial charge in [0.25, 0.3) is 0 Å². The fourth-order valence-electron chi connectivity index (χ4n) is 1.52. The van der Waals surface area contributed by atoms with Gasteiger partial charge in [-0.15, -0.1) is 5.10 Å². The lowest BCUT2D eigenvalue weighted by Gasteiger charge is -2.09. The molecule has 0 aliphatic heterocycles. The highest BCUT2D eigenvalue weighted by Gasteiger charge is 2.13. The first-order valence-corrected chi connectivity index (χ1v) is 8.78. The summed E-state index contributed by atoms with van der Waals surface area (Å²) in [5.41, 5.74) is 2.50. The number of thioether (sulfide) groups is 2. The molecule has 0 saturated carbocycles. The van der Waals surface area contributed by atoms with Crippen molar-refractivity contribution >= 4 is 23.5 Å². The predicted octanol–water partition coefficient (Wildman–Crippen LogP) is 3.97.